The summed E-state index contributed by atoms with van der Waals surface area (Å²) in [6.07, 6.45) is 1.60. The van der Waals surface area contributed by atoms with Gasteiger partial charge >= 0.3 is 11.8 Å². The van der Waals surface area contributed by atoms with Crippen LogP contribution in [0, 0.1) is 0 Å². The third kappa shape index (κ3) is 5.06. The SMILES string of the molecule is O=C(NCC1(Sc2ccccc2)CCOCC1)C(=O)Nc1ccc2c(c1)OCCO2. The van der Waals surface area contributed by atoms with Crippen molar-refractivity contribution in [3.63, 3.8) is 0 Å². The van der Waals surface area contributed by atoms with E-state index >= 15 is 0 Å². The van der Waals surface area contributed by atoms with Gasteiger partial charge in [-0.15, -0.1) is 11.8 Å². The van der Waals surface area contributed by atoms with Gasteiger partial charge in [-0.1, -0.05) is 18.2 Å². The lowest BCUT2D eigenvalue weighted by molar-refractivity contribution is -0.136. The summed E-state index contributed by atoms with van der Waals surface area (Å²) < 4.78 is 16.3. The van der Waals surface area contributed by atoms with Gasteiger partial charge in [-0.05, 0) is 37.1 Å². The minimum absolute atomic E-state index is 0.202. The number of fused-ring (bicyclic) bond motifs is 1. The average Bonchev–Trinajstić information content (AvgIpc) is 2.79. The molecule has 0 atom stereocenters. The Morgan fingerprint density at radius 3 is 2.40 bits per heavy atom. The molecule has 30 heavy (non-hydrogen) atoms. The van der Waals surface area contributed by atoms with E-state index in [9.17, 15) is 9.59 Å². The molecular formula is C22H24N2O5S. The summed E-state index contributed by atoms with van der Waals surface area (Å²) in [6.45, 7) is 2.62. The zero-order valence-electron chi connectivity index (χ0n) is 16.5. The molecule has 2 aliphatic rings. The number of rotatable bonds is 5. The Morgan fingerprint density at radius 1 is 0.900 bits per heavy atom. The van der Waals surface area contributed by atoms with Crippen molar-refractivity contribution in [2.75, 3.05) is 38.3 Å². The van der Waals surface area contributed by atoms with Crippen LogP contribution in [0.5, 0.6) is 11.5 Å². The predicted octanol–water partition coefficient (Wildman–Crippen LogP) is 2.85. The highest BCUT2D eigenvalue weighted by atomic mass is 32.2. The molecule has 0 saturated carbocycles. The minimum atomic E-state index is -0.710. The van der Waals surface area contributed by atoms with Crippen LogP contribution in [0.25, 0.3) is 0 Å². The third-order valence-corrected chi connectivity index (χ3v) is 6.55. The van der Waals surface area contributed by atoms with E-state index in [2.05, 4.69) is 22.8 Å². The Labute approximate surface area is 179 Å². The second-order valence-electron chi connectivity index (χ2n) is 7.21. The van der Waals surface area contributed by atoms with Crippen molar-refractivity contribution in [2.45, 2.75) is 22.5 Å². The number of amides is 2. The van der Waals surface area contributed by atoms with Crippen molar-refractivity contribution in [3.8, 4) is 11.5 Å². The van der Waals surface area contributed by atoms with Crippen LogP contribution < -0.4 is 20.1 Å². The molecule has 2 amide bonds. The molecule has 2 N–H and O–H groups in total. The second kappa shape index (κ2) is 9.40. The normalized spacial score (nSPS) is 17.1. The summed E-state index contributed by atoms with van der Waals surface area (Å²) in [5, 5.41) is 5.44. The van der Waals surface area contributed by atoms with Crippen molar-refractivity contribution in [2.24, 2.45) is 0 Å². The van der Waals surface area contributed by atoms with Crippen LogP contribution in [-0.4, -0.2) is 49.5 Å². The van der Waals surface area contributed by atoms with Gasteiger partial charge in [0.1, 0.15) is 13.2 Å². The first-order valence-electron chi connectivity index (χ1n) is 9.94. The molecular weight excluding hydrogens is 404 g/mol. The van der Waals surface area contributed by atoms with Gasteiger partial charge in [0, 0.05) is 41.2 Å². The first kappa shape index (κ1) is 20.6. The van der Waals surface area contributed by atoms with Crippen LogP contribution in [0.4, 0.5) is 5.69 Å². The molecule has 0 aromatic heterocycles. The number of ether oxygens (including phenoxy) is 3. The van der Waals surface area contributed by atoms with E-state index in [1.165, 1.54) is 0 Å². The van der Waals surface area contributed by atoms with Gasteiger partial charge in [-0.25, -0.2) is 0 Å². The van der Waals surface area contributed by atoms with Crippen molar-refractivity contribution >= 4 is 29.3 Å². The van der Waals surface area contributed by atoms with Crippen molar-refractivity contribution in [1.82, 2.24) is 5.32 Å². The van der Waals surface area contributed by atoms with E-state index in [4.69, 9.17) is 14.2 Å². The van der Waals surface area contributed by atoms with E-state index in [1.807, 2.05) is 18.2 Å². The van der Waals surface area contributed by atoms with Gasteiger partial charge in [0.2, 0.25) is 0 Å². The van der Waals surface area contributed by atoms with Crippen molar-refractivity contribution in [1.29, 1.82) is 0 Å². The maximum atomic E-state index is 12.5. The first-order valence-corrected chi connectivity index (χ1v) is 10.8. The highest BCUT2D eigenvalue weighted by molar-refractivity contribution is 8.00. The number of carbonyl (C=O) groups excluding carboxylic acids is 2. The Bertz CT molecular complexity index is 900. The molecule has 2 aromatic rings. The van der Waals surface area contributed by atoms with Gasteiger partial charge in [0.25, 0.3) is 0 Å². The van der Waals surface area contributed by atoms with Gasteiger partial charge in [-0.2, -0.15) is 0 Å². The summed E-state index contributed by atoms with van der Waals surface area (Å²) in [5.74, 6) is -0.189. The molecule has 0 aliphatic carbocycles. The number of hydrogen-bond acceptors (Lipinski definition) is 6. The quantitative estimate of drug-likeness (QED) is 0.713. The zero-order valence-corrected chi connectivity index (χ0v) is 17.3. The molecule has 8 heteroatoms. The van der Waals surface area contributed by atoms with Crippen LogP contribution in [0.15, 0.2) is 53.4 Å². The summed E-state index contributed by atoms with van der Waals surface area (Å²) in [4.78, 5) is 26.0. The van der Waals surface area contributed by atoms with Gasteiger partial charge in [0.15, 0.2) is 11.5 Å². The molecule has 0 bridgehead atoms. The summed E-state index contributed by atoms with van der Waals surface area (Å²) >= 11 is 1.73. The maximum absolute atomic E-state index is 12.5. The predicted molar refractivity (Wildman–Crippen MR) is 114 cm³/mol. The standard InChI is InChI=1S/C22H24N2O5S/c25-20(21(26)24-16-6-7-18-19(14-16)29-13-12-28-18)23-15-22(8-10-27-11-9-22)30-17-4-2-1-3-5-17/h1-7,14H,8-13,15H2,(H,23,25)(H,24,26). The first-order chi connectivity index (χ1) is 14.6. The van der Waals surface area contributed by atoms with Crippen LogP contribution in [-0.2, 0) is 14.3 Å². The molecule has 4 rings (SSSR count). The Kier molecular flexibility index (Phi) is 6.44. The summed E-state index contributed by atoms with van der Waals surface area (Å²) in [6, 6.07) is 15.1. The largest absolute Gasteiger partial charge is 0.486 e. The monoisotopic (exact) mass is 428 g/mol. The average molecular weight is 429 g/mol. The molecule has 0 spiro atoms. The van der Waals surface area contributed by atoms with Crippen molar-refractivity contribution in [3.05, 3.63) is 48.5 Å². The molecule has 0 unspecified atom stereocenters. The van der Waals surface area contributed by atoms with Crippen LogP contribution in [0.2, 0.25) is 0 Å². The lowest BCUT2D eigenvalue weighted by Crippen LogP contribution is -2.47. The number of carbonyl (C=O) groups is 2. The molecule has 0 radical (unpaired) electrons. The number of thioether (sulfide) groups is 1. The van der Waals surface area contributed by atoms with Gasteiger partial charge < -0.3 is 24.8 Å². The number of benzene rings is 2. The van der Waals surface area contributed by atoms with E-state index in [1.54, 1.807) is 30.0 Å². The lowest BCUT2D eigenvalue weighted by atomic mass is 9.99. The van der Waals surface area contributed by atoms with Gasteiger partial charge in [-0.3, -0.25) is 9.59 Å². The van der Waals surface area contributed by atoms with E-state index < -0.39 is 11.8 Å². The fourth-order valence-corrected chi connectivity index (χ4v) is 4.74. The number of anilines is 1. The molecule has 1 saturated heterocycles. The fraction of sp³-hybridized carbons (Fsp3) is 0.364. The van der Waals surface area contributed by atoms with Crippen LogP contribution in [0.1, 0.15) is 12.8 Å². The number of nitrogens with one attached hydrogen (secondary N) is 2. The van der Waals surface area contributed by atoms with Crippen LogP contribution >= 0.6 is 11.8 Å². The fourth-order valence-electron chi connectivity index (χ4n) is 3.43. The smallest absolute Gasteiger partial charge is 0.313 e. The minimum Gasteiger partial charge on any atom is -0.486 e. The number of hydrogen-bond donors (Lipinski definition) is 2. The molecule has 7 nitrogen and oxygen atoms in total. The lowest BCUT2D eigenvalue weighted by Gasteiger charge is -2.36. The van der Waals surface area contributed by atoms with E-state index in [-0.39, 0.29) is 4.75 Å². The Balaban J connectivity index is 1.36. The van der Waals surface area contributed by atoms with Gasteiger partial charge in [0.05, 0.1) is 0 Å². The topological polar surface area (TPSA) is 85.9 Å². The zero-order chi connectivity index (χ0) is 20.8. The summed E-state index contributed by atoms with van der Waals surface area (Å²) in [7, 11) is 0. The molecule has 2 aliphatic heterocycles. The van der Waals surface area contributed by atoms with E-state index in [0.717, 1.165) is 17.7 Å². The Morgan fingerprint density at radius 2 is 1.63 bits per heavy atom. The Hall–Kier alpha value is -2.71. The highest BCUT2D eigenvalue weighted by Crippen LogP contribution is 2.40. The molecule has 2 aromatic carbocycles. The molecule has 2 heterocycles. The second-order valence-corrected chi connectivity index (χ2v) is 8.75. The molecule has 1 fully saturated rings. The third-order valence-electron chi connectivity index (χ3n) is 5.06. The highest BCUT2D eigenvalue weighted by Gasteiger charge is 2.35. The van der Waals surface area contributed by atoms with Crippen molar-refractivity contribution < 1.29 is 23.8 Å². The maximum Gasteiger partial charge on any atom is 0.313 e. The van der Waals surface area contributed by atoms with E-state index in [0.29, 0.717) is 50.2 Å². The van der Waals surface area contributed by atoms with Crippen LogP contribution in [0.3, 0.4) is 0 Å². The summed E-state index contributed by atoms with van der Waals surface area (Å²) in [5.41, 5.74) is 0.485. The molecule has 158 valence electrons.